The van der Waals surface area contributed by atoms with E-state index >= 15 is 0 Å². The number of nitrogens with two attached hydrogens (primary N) is 2. The Hall–Kier alpha value is -2.66. The summed E-state index contributed by atoms with van der Waals surface area (Å²) in [6.07, 6.45) is 19.6. The first-order valence-corrected chi connectivity index (χ1v) is 22.3. The Morgan fingerprint density at radius 2 is 1.64 bits per heavy atom. The molecule has 320 valence electrons. The van der Waals surface area contributed by atoms with Crippen molar-refractivity contribution in [2.45, 2.75) is 176 Å². The summed E-state index contributed by atoms with van der Waals surface area (Å²) >= 11 is 0. The van der Waals surface area contributed by atoms with E-state index in [9.17, 15) is 9.59 Å². The molecule has 0 aromatic rings. The molecule has 0 spiro atoms. The van der Waals surface area contributed by atoms with Gasteiger partial charge in [-0.2, -0.15) is 0 Å². The number of guanidine groups is 1. The first-order valence-electron chi connectivity index (χ1n) is 22.3. The number of carbonyl (C=O) groups excluding carboxylic acids is 2. The quantitative estimate of drug-likeness (QED) is 0.0240. The smallest absolute Gasteiger partial charge is 0.407 e. The molecule has 0 radical (unpaired) electrons. The van der Waals surface area contributed by atoms with E-state index in [1.807, 2.05) is 0 Å². The van der Waals surface area contributed by atoms with E-state index < -0.39 is 17.9 Å². The number of amides is 2. The van der Waals surface area contributed by atoms with Crippen molar-refractivity contribution in [1.29, 1.82) is 5.41 Å². The molecule has 0 aromatic carbocycles. The summed E-state index contributed by atoms with van der Waals surface area (Å²) in [6, 6.07) is -0.659. The average molecular weight is 785 g/mol. The van der Waals surface area contributed by atoms with Crippen molar-refractivity contribution >= 4 is 23.7 Å². The largest absolute Gasteiger partial charge is 0.446 e. The third-order valence-electron chi connectivity index (χ3n) is 14.3. The Labute approximate surface area is 339 Å². The summed E-state index contributed by atoms with van der Waals surface area (Å²) in [6.45, 7) is 18.9. The second-order valence-electron chi connectivity index (χ2n) is 19.3. The average Bonchev–Trinajstić information content (AvgIpc) is 3.48. The summed E-state index contributed by atoms with van der Waals surface area (Å²) in [5, 5.41) is 13.3. The van der Waals surface area contributed by atoms with Crippen LogP contribution in [-0.2, 0) is 19.0 Å². The minimum absolute atomic E-state index is 0.0959. The maximum atomic E-state index is 12.9. The van der Waals surface area contributed by atoms with Gasteiger partial charge in [0.15, 0.2) is 11.7 Å². The van der Waals surface area contributed by atoms with Crippen LogP contribution in [0.3, 0.4) is 0 Å². The Morgan fingerprint density at radius 3 is 2.32 bits per heavy atom. The van der Waals surface area contributed by atoms with Crippen molar-refractivity contribution < 1.29 is 23.8 Å². The van der Waals surface area contributed by atoms with Crippen molar-refractivity contribution in [2.24, 2.45) is 62.8 Å². The molecule has 3 fully saturated rings. The van der Waals surface area contributed by atoms with Gasteiger partial charge in [-0.25, -0.2) is 9.79 Å². The van der Waals surface area contributed by atoms with Crippen molar-refractivity contribution in [3.8, 4) is 0 Å². The normalized spacial score (nSPS) is 29.6. The highest BCUT2D eigenvalue weighted by molar-refractivity contribution is 5.86. The predicted octanol–water partition coefficient (Wildman–Crippen LogP) is 8.64. The monoisotopic (exact) mass is 785 g/mol. The second-order valence-corrected chi connectivity index (χ2v) is 19.3. The highest BCUT2D eigenvalue weighted by atomic mass is 16.7. The number of hydrogen-bond acceptors (Lipinski definition) is 7. The van der Waals surface area contributed by atoms with E-state index in [1.54, 1.807) is 20.8 Å². The van der Waals surface area contributed by atoms with Gasteiger partial charge in [0.05, 0.1) is 13.2 Å². The lowest BCUT2D eigenvalue weighted by molar-refractivity contribution is -0.211. The molecule has 56 heavy (non-hydrogen) atoms. The van der Waals surface area contributed by atoms with E-state index in [-0.39, 0.29) is 43.1 Å². The zero-order chi connectivity index (χ0) is 41.1. The van der Waals surface area contributed by atoms with E-state index in [4.69, 9.17) is 31.1 Å². The third-order valence-corrected chi connectivity index (χ3v) is 14.3. The number of allylic oxidation sites excluding steroid dienone is 1. The van der Waals surface area contributed by atoms with Crippen LogP contribution in [0.15, 0.2) is 16.6 Å². The molecule has 4 aliphatic rings. The van der Waals surface area contributed by atoms with Crippen LogP contribution in [-0.4, -0.2) is 67.9 Å². The number of ether oxygens (including phenoxy) is 3. The van der Waals surface area contributed by atoms with E-state index in [1.165, 1.54) is 56.9 Å². The molecule has 9 unspecified atom stereocenters. The lowest BCUT2D eigenvalue weighted by atomic mass is 9.47. The number of carbonyl (C=O) groups is 2. The molecule has 0 aromatic heterocycles. The van der Waals surface area contributed by atoms with Gasteiger partial charge in [-0.15, -0.1) is 0 Å². The predicted molar refractivity (Wildman–Crippen MR) is 226 cm³/mol. The summed E-state index contributed by atoms with van der Waals surface area (Å²) in [7, 11) is 0. The van der Waals surface area contributed by atoms with E-state index in [0.29, 0.717) is 24.1 Å². The lowest BCUT2D eigenvalue weighted by Crippen LogP contribution is -2.51. The molecule has 0 bridgehead atoms. The molecule has 9 atom stereocenters. The van der Waals surface area contributed by atoms with Crippen LogP contribution in [0, 0.1) is 51.7 Å². The van der Waals surface area contributed by atoms with Crippen LogP contribution in [0.25, 0.3) is 0 Å². The minimum atomic E-state index is -0.913. The fraction of sp³-hybridized carbons (Fsp3) is 0.867. The maximum absolute atomic E-state index is 12.9. The summed E-state index contributed by atoms with van der Waals surface area (Å²) in [5.41, 5.74) is 14.0. The second kappa shape index (κ2) is 20.9. The zero-order valence-electron chi connectivity index (χ0n) is 36.5. The molecule has 0 saturated heterocycles. The van der Waals surface area contributed by atoms with Gasteiger partial charge < -0.3 is 41.7 Å². The van der Waals surface area contributed by atoms with Crippen molar-refractivity contribution in [1.82, 2.24) is 10.6 Å². The number of fused-ring (bicyclic) bond motifs is 5. The fourth-order valence-electron chi connectivity index (χ4n) is 11.4. The van der Waals surface area contributed by atoms with Gasteiger partial charge >= 0.3 is 6.09 Å². The molecule has 7 N–H and O–H groups in total. The highest BCUT2D eigenvalue weighted by Gasteiger charge is 2.59. The number of hydrogen-bond donors (Lipinski definition) is 5. The van der Waals surface area contributed by atoms with Crippen LogP contribution < -0.4 is 22.1 Å². The Morgan fingerprint density at radius 1 is 0.929 bits per heavy atom. The van der Waals surface area contributed by atoms with Gasteiger partial charge in [-0.3, -0.25) is 4.79 Å². The molecular weight excluding hydrogens is 705 g/mol. The molecule has 11 nitrogen and oxygen atoms in total. The van der Waals surface area contributed by atoms with Gasteiger partial charge in [0.2, 0.25) is 5.91 Å². The first kappa shape index (κ1) is 46.0. The molecule has 0 aliphatic heterocycles. The fourth-order valence-corrected chi connectivity index (χ4v) is 11.4. The van der Waals surface area contributed by atoms with Crippen molar-refractivity contribution in [3.63, 3.8) is 0 Å². The Kier molecular flexibility index (Phi) is 17.1. The van der Waals surface area contributed by atoms with Gasteiger partial charge in [0, 0.05) is 25.2 Å². The van der Waals surface area contributed by atoms with Crippen LogP contribution in [0.4, 0.5) is 4.79 Å². The molecule has 3 saturated carbocycles. The van der Waals surface area contributed by atoms with E-state index in [2.05, 4.69) is 56.3 Å². The van der Waals surface area contributed by atoms with Crippen molar-refractivity contribution in [3.05, 3.63) is 11.6 Å². The lowest BCUT2D eigenvalue weighted by Gasteiger charge is -2.58. The van der Waals surface area contributed by atoms with Gasteiger partial charge in [0.25, 0.3) is 0 Å². The summed E-state index contributed by atoms with van der Waals surface area (Å²) in [4.78, 5) is 29.7. The molecule has 4 rings (SSSR count). The number of unbranched alkanes of at least 4 members (excludes halogenated alkanes) is 2. The molecule has 4 aliphatic carbocycles. The number of nitrogens with zero attached hydrogens (tertiary/aromatic N) is 1. The Bertz CT molecular complexity index is 1360. The van der Waals surface area contributed by atoms with Crippen molar-refractivity contribution in [2.75, 3.05) is 26.3 Å². The molecule has 2 amide bonds. The number of aliphatic imine (C=N–C) groups is 1. The summed E-state index contributed by atoms with van der Waals surface area (Å²) in [5.74, 6) is 3.59. The van der Waals surface area contributed by atoms with Crippen LogP contribution in [0.5, 0.6) is 0 Å². The number of rotatable bonds is 22. The van der Waals surface area contributed by atoms with Gasteiger partial charge in [-0.1, -0.05) is 78.4 Å². The first-order chi connectivity index (χ1) is 26.4. The van der Waals surface area contributed by atoms with Crippen LogP contribution in [0.2, 0.25) is 0 Å². The topological polar surface area (TPSA) is 174 Å². The molecular formula is C45H80N6O5. The van der Waals surface area contributed by atoms with Gasteiger partial charge in [-0.05, 0) is 131 Å². The Balaban J connectivity index is 1.14. The zero-order valence-corrected chi connectivity index (χ0v) is 36.5. The standard InChI is InChI=1S/C45H80N6O5/c1-30(2)13-12-14-31(3)36-19-20-37-35-18-17-33-29-34(21-23-44(33,7)38(35)22-24-45(36,37)8)56-42(53)50-26-28-55-43(5,6)54-27-25-49-40(52)39(51-41(47)48)16-11-9-10-15-32(4)46/h17,30-31,34-39,46H,9-16,18-29H2,1-8H3,(H,49,52)(H,50,53)(H4,47,48,51). The highest BCUT2D eigenvalue weighted by Crippen LogP contribution is 2.67. The van der Waals surface area contributed by atoms with Crippen LogP contribution in [0.1, 0.15) is 158 Å². The summed E-state index contributed by atoms with van der Waals surface area (Å²) < 4.78 is 17.7. The maximum Gasteiger partial charge on any atom is 0.407 e. The van der Waals surface area contributed by atoms with E-state index in [0.717, 1.165) is 80.5 Å². The van der Waals surface area contributed by atoms with Crippen LogP contribution >= 0.6 is 0 Å². The molecule has 0 heterocycles. The minimum Gasteiger partial charge on any atom is -0.446 e. The molecule has 11 heteroatoms. The third kappa shape index (κ3) is 12.7. The number of nitrogens with one attached hydrogen (secondary N) is 3. The number of alkyl carbamates (subject to hydrolysis) is 1. The SMILES string of the molecule is CC(=N)CCCCCC(N=C(N)N)C(=O)NCCOC(C)(C)OCCNC(=O)OC1CCC2(C)C(=CCC3C2CCC2(C)C(C(C)CCCC(C)C)CCC32)C1. The van der Waals surface area contributed by atoms with Gasteiger partial charge in [0.1, 0.15) is 12.1 Å².